The van der Waals surface area contributed by atoms with E-state index in [1.165, 1.54) is 0 Å². The van der Waals surface area contributed by atoms with Gasteiger partial charge in [-0.3, -0.25) is 9.69 Å². The van der Waals surface area contributed by atoms with Gasteiger partial charge in [-0.2, -0.15) is 0 Å². The Balaban J connectivity index is 1.88. The topological polar surface area (TPSA) is 44.4 Å². The summed E-state index contributed by atoms with van der Waals surface area (Å²) in [6.07, 6.45) is 0. The van der Waals surface area contributed by atoms with Gasteiger partial charge in [-0.25, -0.2) is 0 Å². The molecule has 0 radical (unpaired) electrons. The minimum Gasteiger partial charge on any atom is -0.325 e. The smallest absolute Gasteiger partial charge is 0.238 e. The van der Waals surface area contributed by atoms with Gasteiger partial charge in [-0.1, -0.05) is 6.07 Å². The Hall–Kier alpha value is -0.660. The molecule has 1 aromatic carbocycles. The van der Waals surface area contributed by atoms with E-state index in [1.807, 2.05) is 24.3 Å². The SMILES string of the molecule is C[C@@H]1CNCCN1CC(=O)Nc1cccc(I)c1. The van der Waals surface area contributed by atoms with Gasteiger partial charge in [-0.15, -0.1) is 0 Å². The molecule has 1 aliphatic heterocycles. The quantitative estimate of drug-likeness (QED) is 0.805. The molecule has 1 saturated heterocycles. The normalized spacial score (nSPS) is 20.7. The van der Waals surface area contributed by atoms with Gasteiger partial charge in [0.05, 0.1) is 6.54 Å². The van der Waals surface area contributed by atoms with Gasteiger partial charge in [0.25, 0.3) is 0 Å². The summed E-state index contributed by atoms with van der Waals surface area (Å²) in [6, 6.07) is 8.26. The molecule has 1 atom stereocenters. The van der Waals surface area contributed by atoms with Crippen molar-refractivity contribution in [3.8, 4) is 0 Å². The zero-order chi connectivity index (χ0) is 13.0. The summed E-state index contributed by atoms with van der Waals surface area (Å²) in [5.41, 5.74) is 0.870. The van der Waals surface area contributed by atoms with Crippen molar-refractivity contribution in [3.05, 3.63) is 27.8 Å². The van der Waals surface area contributed by atoms with Crippen molar-refractivity contribution in [1.29, 1.82) is 0 Å². The van der Waals surface area contributed by atoms with Gasteiger partial charge in [0.2, 0.25) is 5.91 Å². The van der Waals surface area contributed by atoms with E-state index in [0.29, 0.717) is 12.6 Å². The Bertz CT molecular complexity index is 424. The van der Waals surface area contributed by atoms with E-state index < -0.39 is 0 Å². The van der Waals surface area contributed by atoms with E-state index in [9.17, 15) is 4.79 Å². The molecular weight excluding hydrogens is 341 g/mol. The third-order valence-corrected chi connectivity index (χ3v) is 3.76. The highest BCUT2D eigenvalue weighted by Crippen LogP contribution is 2.12. The average Bonchev–Trinajstić information content (AvgIpc) is 2.32. The van der Waals surface area contributed by atoms with E-state index in [1.54, 1.807) is 0 Å². The summed E-state index contributed by atoms with van der Waals surface area (Å²) in [4.78, 5) is 14.2. The lowest BCUT2D eigenvalue weighted by atomic mass is 10.2. The maximum Gasteiger partial charge on any atom is 0.238 e. The monoisotopic (exact) mass is 359 g/mol. The summed E-state index contributed by atoms with van der Waals surface area (Å²) in [7, 11) is 0. The lowest BCUT2D eigenvalue weighted by molar-refractivity contribution is -0.118. The van der Waals surface area contributed by atoms with E-state index in [4.69, 9.17) is 0 Å². The van der Waals surface area contributed by atoms with Crippen molar-refractivity contribution in [2.45, 2.75) is 13.0 Å². The van der Waals surface area contributed by atoms with Crippen LogP contribution < -0.4 is 10.6 Å². The molecule has 1 aliphatic rings. The first-order valence-corrected chi connectivity index (χ1v) is 7.23. The first kappa shape index (κ1) is 13.8. The van der Waals surface area contributed by atoms with Crippen LogP contribution >= 0.6 is 22.6 Å². The lowest BCUT2D eigenvalue weighted by Crippen LogP contribution is -2.51. The Kier molecular flexibility index (Phi) is 4.96. The Morgan fingerprint density at radius 3 is 3.17 bits per heavy atom. The number of benzene rings is 1. The first-order valence-electron chi connectivity index (χ1n) is 6.15. The predicted molar refractivity (Wildman–Crippen MR) is 81.7 cm³/mol. The van der Waals surface area contributed by atoms with Crippen LogP contribution in [-0.2, 0) is 4.79 Å². The van der Waals surface area contributed by atoms with Crippen molar-refractivity contribution in [3.63, 3.8) is 0 Å². The van der Waals surface area contributed by atoms with Gasteiger partial charge < -0.3 is 10.6 Å². The standard InChI is InChI=1S/C13H18IN3O/c1-10-8-15-5-6-17(10)9-13(18)16-12-4-2-3-11(14)7-12/h2-4,7,10,15H,5-6,8-9H2,1H3,(H,16,18)/t10-/m1/s1. The second kappa shape index (κ2) is 6.49. The van der Waals surface area contributed by atoms with Crippen LogP contribution in [0.2, 0.25) is 0 Å². The predicted octanol–water partition coefficient (Wildman–Crippen LogP) is 1.52. The van der Waals surface area contributed by atoms with Gasteiger partial charge in [0, 0.05) is 34.9 Å². The van der Waals surface area contributed by atoms with Crippen LogP contribution in [0.15, 0.2) is 24.3 Å². The molecule has 1 aromatic rings. The number of anilines is 1. The van der Waals surface area contributed by atoms with E-state index in [2.05, 4.69) is 45.0 Å². The third-order valence-electron chi connectivity index (χ3n) is 3.09. The second-order valence-electron chi connectivity index (χ2n) is 4.58. The molecule has 2 rings (SSSR count). The Morgan fingerprint density at radius 1 is 1.61 bits per heavy atom. The summed E-state index contributed by atoms with van der Waals surface area (Å²) in [5.74, 6) is 0.0609. The van der Waals surface area contributed by atoms with Crippen molar-refractivity contribution in [2.24, 2.45) is 0 Å². The van der Waals surface area contributed by atoms with Crippen molar-refractivity contribution in [2.75, 3.05) is 31.5 Å². The van der Waals surface area contributed by atoms with E-state index in [0.717, 1.165) is 28.9 Å². The first-order chi connectivity index (χ1) is 8.65. The van der Waals surface area contributed by atoms with Gasteiger partial charge in [-0.05, 0) is 47.7 Å². The summed E-state index contributed by atoms with van der Waals surface area (Å²) in [5, 5.41) is 6.27. The van der Waals surface area contributed by atoms with Crippen LogP contribution in [-0.4, -0.2) is 43.0 Å². The van der Waals surface area contributed by atoms with E-state index >= 15 is 0 Å². The molecule has 4 nitrogen and oxygen atoms in total. The largest absolute Gasteiger partial charge is 0.325 e. The van der Waals surface area contributed by atoms with Crippen molar-refractivity contribution in [1.82, 2.24) is 10.2 Å². The number of piperazine rings is 1. The molecule has 0 bridgehead atoms. The Morgan fingerprint density at radius 2 is 2.44 bits per heavy atom. The molecule has 18 heavy (non-hydrogen) atoms. The van der Waals surface area contributed by atoms with Gasteiger partial charge >= 0.3 is 0 Å². The van der Waals surface area contributed by atoms with Crippen LogP contribution in [0, 0.1) is 3.57 Å². The molecule has 5 heteroatoms. The lowest BCUT2D eigenvalue weighted by Gasteiger charge is -2.33. The fourth-order valence-electron chi connectivity index (χ4n) is 2.07. The van der Waals surface area contributed by atoms with Gasteiger partial charge in [0.15, 0.2) is 0 Å². The fraction of sp³-hybridized carbons (Fsp3) is 0.462. The minimum absolute atomic E-state index is 0.0609. The van der Waals surface area contributed by atoms with Crippen LogP contribution in [0.3, 0.4) is 0 Å². The molecule has 98 valence electrons. The number of hydrogen-bond acceptors (Lipinski definition) is 3. The molecule has 0 unspecified atom stereocenters. The van der Waals surface area contributed by atoms with Crippen molar-refractivity contribution >= 4 is 34.2 Å². The molecule has 1 amide bonds. The minimum atomic E-state index is 0.0609. The summed E-state index contributed by atoms with van der Waals surface area (Å²) in [6.45, 7) is 5.46. The number of carbonyl (C=O) groups is 1. The molecular formula is C13H18IN3O. The number of carbonyl (C=O) groups excluding carboxylic acids is 1. The number of nitrogens with one attached hydrogen (secondary N) is 2. The fourth-order valence-corrected chi connectivity index (χ4v) is 2.61. The van der Waals surface area contributed by atoms with Crippen LogP contribution in [0.25, 0.3) is 0 Å². The van der Waals surface area contributed by atoms with Crippen molar-refractivity contribution < 1.29 is 4.79 Å². The number of rotatable bonds is 3. The molecule has 0 saturated carbocycles. The highest BCUT2D eigenvalue weighted by atomic mass is 127. The number of nitrogens with zero attached hydrogens (tertiary/aromatic N) is 1. The van der Waals surface area contributed by atoms with Crippen LogP contribution in [0.4, 0.5) is 5.69 Å². The number of amides is 1. The average molecular weight is 359 g/mol. The summed E-state index contributed by atoms with van der Waals surface area (Å²) >= 11 is 2.24. The number of hydrogen-bond donors (Lipinski definition) is 2. The maximum atomic E-state index is 12.0. The van der Waals surface area contributed by atoms with Crippen LogP contribution in [0.5, 0.6) is 0 Å². The molecule has 1 fully saturated rings. The molecule has 0 spiro atoms. The Labute approximate surface area is 121 Å². The zero-order valence-electron chi connectivity index (χ0n) is 10.4. The van der Waals surface area contributed by atoms with Crippen LogP contribution in [0.1, 0.15) is 6.92 Å². The molecule has 1 heterocycles. The highest BCUT2D eigenvalue weighted by molar-refractivity contribution is 14.1. The third kappa shape index (κ3) is 3.93. The maximum absolute atomic E-state index is 12.0. The molecule has 0 aliphatic carbocycles. The highest BCUT2D eigenvalue weighted by Gasteiger charge is 2.20. The van der Waals surface area contributed by atoms with E-state index in [-0.39, 0.29) is 5.91 Å². The molecule has 0 aromatic heterocycles. The zero-order valence-corrected chi connectivity index (χ0v) is 12.6. The molecule has 2 N–H and O–H groups in total. The van der Waals surface area contributed by atoms with Gasteiger partial charge in [0.1, 0.15) is 0 Å². The number of halogens is 1. The second-order valence-corrected chi connectivity index (χ2v) is 5.83. The summed E-state index contributed by atoms with van der Waals surface area (Å²) < 4.78 is 1.13.